The van der Waals surface area contributed by atoms with Gasteiger partial charge in [-0.05, 0) is 33.5 Å². The van der Waals surface area contributed by atoms with Gasteiger partial charge in [0.15, 0.2) is 0 Å². The number of carbonyl (C=O) groups is 1. The molecule has 0 heterocycles. The highest BCUT2D eigenvalue weighted by atomic mass is 79.9. The summed E-state index contributed by atoms with van der Waals surface area (Å²) in [5.74, 6) is 0.554. The zero-order valence-corrected chi connectivity index (χ0v) is 9.84. The number of aromatic hydroxyl groups is 1. The zero-order valence-electron chi connectivity index (χ0n) is 8.25. The molecule has 0 radical (unpaired) electrons. The summed E-state index contributed by atoms with van der Waals surface area (Å²) in [6, 6.07) is 3.76. The summed E-state index contributed by atoms with van der Waals surface area (Å²) in [7, 11) is 0. The Kier molecular flexibility index (Phi) is 3.69. The zero-order chi connectivity index (χ0) is 10.7. The van der Waals surface area contributed by atoms with E-state index >= 15 is 0 Å². The number of aldehydes is 1. The molecule has 0 amide bonds. The van der Waals surface area contributed by atoms with Gasteiger partial charge >= 0.3 is 0 Å². The molecule has 14 heavy (non-hydrogen) atoms. The number of phenols is 1. The van der Waals surface area contributed by atoms with Gasteiger partial charge in [-0.2, -0.15) is 0 Å². The lowest BCUT2D eigenvalue weighted by atomic mass is 9.99. The minimum absolute atomic E-state index is 0.168. The molecule has 0 spiro atoms. The molecule has 0 aliphatic rings. The highest BCUT2D eigenvalue weighted by molar-refractivity contribution is 9.10. The van der Waals surface area contributed by atoms with Gasteiger partial charge in [0.05, 0.1) is 4.47 Å². The lowest BCUT2D eigenvalue weighted by Crippen LogP contribution is -1.93. The standard InChI is InChI=1S/C11H13BrO2/c1-7(2)9-5-8(3-4-13)11(14)10(12)6-9/h4-7,14H,3H2,1-2H3. The second-order valence-corrected chi connectivity index (χ2v) is 4.39. The molecule has 1 N–H and O–H groups in total. The Morgan fingerprint density at radius 1 is 1.50 bits per heavy atom. The Hall–Kier alpha value is -0.830. The third kappa shape index (κ3) is 2.35. The highest BCUT2D eigenvalue weighted by Gasteiger charge is 2.09. The lowest BCUT2D eigenvalue weighted by Gasteiger charge is -2.10. The van der Waals surface area contributed by atoms with Gasteiger partial charge in [0.25, 0.3) is 0 Å². The van der Waals surface area contributed by atoms with Crippen molar-refractivity contribution in [1.82, 2.24) is 0 Å². The van der Waals surface area contributed by atoms with Gasteiger partial charge in [0.2, 0.25) is 0 Å². The number of carbonyl (C=O) groups excluding carboxylic acids is 1. The second kappa shape index (κ2) is 4.60. The SMILES string of the molecule is CC(C)c1cc(Br)c(O)c(CC=O)c1. The summed E-state index contributed by atoms with van der Waals surface area (Å²) in [5, 5.41) is 9.63. The number of benzene rings is 1. The Labute approximate surface area is 92.1 Å². The Morgan fingerprint density at radius 2 is 2.14 bits per heavy atom. The van der Waals surface area contributed by atoms with Crippen LogP contribution >= 0.6 is 15.9 Å². The van der Waals surface area contributed by atoms with Crippen LogP contribution in [0.15, 0.2) is 16.6 Å². The summed E-state index contributed by atoms with van der Waals surface area (Å²) in [6.45, 7) is 4.15. The van der Waals surface area contributed by atoms with E-state index in [1.165, 1.54) is 0 Å². The first-order chi connectivity index (χ1) is 6.56. The van der Waals surface area contributed by atoms with Crippen molar-refractivity contribution in [2.24, 2.45) is 0 Å². The van der Waals surface area contributed by atoms with Crippen LogP contribution in [0.1, 0.15) is 30.9 Å². The molecule has 1 aromatic carbocycles. The molecule has 0 saturated carbocycles. The molecule has 0 aromatic heterocycles. The maximum Gasteiger partial charge on any atom is 0.133 e. The van der Waals surface area contributed by atoms with Crippen molar-refractivity contribution in [3.8, 4) is 5.75 Å². The molecule has 2 nitrogen and oxygen atoms in total. The monoisotopic (exact) mass is 256 g/mol. The normalized spacial score (nSPS) is 10.6. The average Bonchev–Trinajstić information content (AvgIpc) is 2.12. The number of phenolic OH excluding ortho intramolecular Hbond substituents is 1. The predicted molar refractivity (Wildman–Crippen MR) is 59.7 cm³/mol. The van der Waals surface area contributed by atoms with Crippen LogP contribution in [0.3, 0.4) is 0 Å². The molecule has 0 saturated heterocycles. The van der Waals surface area contributed by atoms with Crippen LogP contribution < -0.4 is 0 Å². The fraction of sp³-hybridized carbons (Fsp3) is 0.364. The van der Waals surface area contributed by atoms with E-state index in [9.17, 15) is 9.90 Å². The summed E-state index contributed by atoms with van der Waals surface area (Å²) in [4.78, 5) is 10.4. The Morgan fingerprint density at radius 3 is 2.64 bits per heavy atom. The molecule has 76 valence electrons. The molecule has 0 bridgehead atoms. The first-order valence-corrected chi connectivity index (χ1v) is 5.30. The van der Waals surface area contributed by atoms with Gasteiger partial charge in [0, 0.05) is 12.0 Å². The first-order valence-electron chi connectivity index (χ1n) is 4.51. The van der Waals surface area contributed by atoms with Crippen molar-refractivity contribution in [1.29, 1.82) is 0 Å². The summed E-state index contributed by atoms with van der Waals surface area (Å²) < 4.78 is 0.653. The van der Waals surface area contributed by atoms with Crippen LogP contribution in [0, 0.1) is 0 Å². The second-order valence-electron chi connectivity index (χ2n) is 3.54. The smallest absolute Gasteiger partial charge is 0.133 e. The molecule has 0 aliphatic heterocycles. The van der Waals surface area contributed by atoms with Gasteiger partial charge in [-0.15, -0.1) is 0 Å². The third-order valence-corrected chi connectivity index (χ3v) is 2.74. The molecule has 1 aromatic rings. The molecule has 0 aliphatic carbocycles. The first kappa shape index (κ1) is 11.2. The van der Waals surface area contributed by atoms with Crippen LogP contribution in [0.5, 0.6) is 5.75 Å². The van der Waals surface area contributed by atoms with Crippen molar-refractivity contribution in [2.45, 2.75) is 26.2 Å². The number of hydrogen-bond donors (Lipinski definition) is 1. The Bertz CT molecular complexity index is 345. The van der Waals surface area contributed by atoms with E-state index in [1.807, 2.05) is 12.1 Å². The fourth-order valence-corrected chi connectivity index (χ4v) is 1.78. The largest absolute Gasteiger partial charge is 0.506 e. The van der Waals surface area contributed by atoms with Crippen molar-refractivity contribution in [2.75, 3.05) is 0 Å². The van der Waals surface area contributed by atoms with E-state index < -0.39 is 0 Å². The minimum atomic E-state index is 0.168. The van der Waals surface area contributed by atoms with Crippen LogP contribution in [-0.2, 0) is 11.2 Å². The lowest BCUT2D eigenvalue weighted by molar-refractivity contribution is -0.107. The molecule has 0 fully saturated rings. The van der Waals surface area contributed by atoms with Crippen LogP contribution in [-0.4, -0.2) is 11.4 Å². The minimum Gasteiger partial charge on any atom is -0.506 e. The van der Waals surface area contributed by atoms with E-state index in [0.29, 0.717) is 16.0 Å². The van der Waals surface area contributed by atoms with E-state index in [-0.39, 0.29) is 12.2 Å². The van der Waals surface area contributed by atoms with Gasteiger partial charge in [0.1, 0.15) is 12.0 Å². The summed E-state index contributed by atoms with van der Waals surface area (Å²) >= 11 is 3.27. The van der Waals surface area contributed by atoms with E-state index in [2.05, 4.69) is 29.8 Å². The highest BCUT2D eigenvalue weighted by Crippen LogP contribution is 2.32. The van der Waals surface area contributed by atoms with Gasteiger partial charge in [-0.1, -0.05) is 19.9 Å². The molecule has 3 heteroatoms. The van der Waals surface area contributed by atoms with Gasteiger partial charge < -0.3 is 9.90 Å². The number of rotatable bonds is 3. The maximum atomic E-state index is 10.4. The van der Waals surface area contributed by atoms with Crippen LogP contribution in [0.4, 0.5) is 0 Å². The maximum absolute atomic E-state index is 10.4. The Balaban J connectivity index is 3.20. The molecule has 0 atom stereocenters. The third-order valence-electron chi connectivity index (χ3n) is 2.13. The summed E-state index contributed by atoms with van der Waals surface area (Å²) in [5.41, 5.74) is 1.80. The van der Waals surface area contributed by atoms with Crippen LogP contribution in [0.25, 0.3) is 0 Å². The molecule has 0 unspecified atom stereocenters. The molecular weight excluding hydrogens is 244 g/mol. The average molecular weight is 257 g/mol. The van der Waals surface area contributed by atoms with Gasteiger partial charge in [-0.25, -0.2) is 0 Å². The van der Waals surface area contributed by atoms with Crippen molar-refractivity contribution < 1.29 is 9.90 Å². The predicted octanol–water partition coefficient (Wildman–Crippen LogP) is 3.02. The number of halogens is 1. The summed E-state index contributed by atoms with van der Waals surface area (Å²) in [6.07, 6.45) is 1.05. The fourth-order valence-electron chi connectivity index (χ4n) is 1.26. The van der Waals surface area contributed by atoms with E-state index in [0.717, 1.165) is 11.8 Å². The van der Waals surface area contributed by atoms with Crippen molar-refractivity contribution in [3.63, 3.8) is 0 Å². The molecular formula is C11H13BrO2. The van der Waals surface area contributed by atoms with Crippen LogP contribution in [0.2, 0.25) is 0 Å². The molecule has 1 rings (SSSR count). The van der Waals surface area contributed by atoms with Gasteiger partial charge in [-0.3, -0.25) is 0 Å². The van der Waals surface area contributed by atoms with Crippen molar-refractivity contribution >= 4 is 22.2 Å². The van der Waals surface area contributed by atoms with E-state index in [1.54, 1.807) is 0 Å². The topological polar surface area (TPSA) is 37.3 Å². The van der Waals surface area contributed by atoms with E-state index in [4.69, 9.17) is 0 Å². The quantitative estimate of drug-likeness (QED) is 0.845. The van der Waals surface area contributed by atoms with Crippen molar-refractivity contribution in [3.05, 3.63) is 27.7 Å². The number of hydrogen-bond acceptors (Lipinski definition) is 2.